The molecule has 0 atom stereocenters. The van der Waals surface area contributed by atoms with E-state index in [2.05, 4.69) is 27.8 Å². The highest BCUT2D eigenvalue weighted by molar-refractivity contribution is 9.09. The van der Waals surface area contributed by atoms with Crippen molar-refractivity contribution in [2.45, 2.75) is 39.0 Å². The zero-order valence-corrected chi connectivity index (χ0v) is 21.3. The van der Waals surface area contributed by atoms with E-state index < -0.39 is 23.3 Å². The van der Waals surface area contributed by atoms with Crippen molar-refractivity contribution in [2.75, 3.05) is 5.33 Å². The van der Waals surface area contributed by atoms with Gasteiger partial charge in [0.25, 0.3) is 5.91 Å². The highest BCUT2D eigenvalue weighted by Crippen LogP contribution is 2.36. The highest BCUT2D eigenvalue weighted by Gasteiger charge is 2.28. The molecule has 1 aromatic heterocycles. The number of alkyl halides is 1. The number of hydrogen-bond donors (Lipinski definition) is 1. The highest BCUT2D eigenvalue weighted by atomic mass is 79.9. The second-order valence-corrected chi connectivity index (χ2v) is 9.13. The van der Waals surface area contributed by atoms with Gasteiger partial charge in [0.2, 0.25) is 5.78 Å². The topological polar surface area (TPSA) is 65.1 Å². The second kappa shape index (κ2) is 11.9. The number of amides is 1. The van der Waals surface area contributed by atoms with Crippen LogP contribution in [0.25, 0.3) is 11.1 Å². The lowest BCUT2D eigenvalue weighted by atomic mass is 9.93. The second-order valence-electron chi connectivity index (χ2n) is 8.33. The Labute approximate surface area is 212 Å². The molecule has 3 aromatic rings. The Kier molecular flexibility index (Phi) is 9.00. The summed E-state index contributed by atoms with van der Waals surface area (Å²) in [7, 11) is 1.56. The average molecular weight is 541 g/mol. The fourth-order valence-electron chi connectivity index (χ4n) is 3.97. The fraction of sp³-hybridized carbons (Fsp3) is 0.286. The van der Waals surface area contributed by atoms with E-state index in [1.165, 1.54) is 24.1 Å². The molecule has 0 aliphatic rings. The number of aryl methyl sites for hydroxylation is 1. The smallest absolute Gasteiger partial charge is 0.250 e. The Morgan fingerprint density at radius 2 is 1.63 bits per heavy atom. The van der Waals surface area contributed by atoms with Crippen molar-refractivity contribution in [3.63, 3.8) is 0 Å². The number of rotatable bonds is 9. The predicted octanol–water partition coefficient (Wildman–Crippen LogP) is 6.31. The van der Waals surface area contributed by atoms with Crippen molar-refractivity contribution in [3.8, 4) is 23.0 Å². The van der Waals surface area contributed by atoms with Crippen molar-refractivity contribution in [1.82, 2.24) is 4.57 Å². The Morgan fingerprint density at radius 3 is 2.29 bits per heavy atom. The van der Waals surface area contributed by atoms with Crippen LogP contribution in [0.3, 0.4) is 0 Å². The molecule has 0 bridgehead atoms. The summed E-state index contributed by atoms with van der Waals surface area (Å²) in [6.07, 6.45) is 6.71. The SMILES string of the molecule is Cc1c(F)ccc(F)c1-c1c(C(N)=O)cn(C)c1C(=O)c1ccc(C#CCCCCCCBr)cc1. The van der Waals surface area contributed by atoms with Crippen LogP contribution >= 0.6 is 15.9 Å². The van der Waals surface area contributed by atoms with Gasteiger partial charge in [-0.05, 0) is 61.7 Å². The fourth-order valence-corrected chi connectivity index (χ4v) is 4.36. The molecular weight excluding hydrogens is 514 g/mol. The number of nitrogens with two attached hydrogens (primary N) is 1. The summed E-state index contributed by atoms with van der Waals surface area (Å²) in [5.41, 5.74) is 6.46. The van der Waals surface area contributed by atoms with E-state index in [4.69, 9.17) is 5.73 Å². The zero-order valence-electron chi connectivity index (χ0n) is 19.8. The van der Waals surface area contributed by atoms with Crippen LogP contribution in [0, 0.1) is 30.4 Å². The molecule has 0 fully saturated rings. The van der Waals surface area contributed by atoms with Crippen LogP contribution < -0.4 is 5.73 Å². The molecule has 0 aliphatic heterocycles. The number of carbonyl (C=O) groups excluding carboxylic acids is 2. The Hall–Kier alpha value is -3.24. The number of nitrogens with zero attached hydrogens (tertiary/aromatic N) is 1. The lowest BCUT2D eigenvalue weighted by Crippen LogP contribution is -2.13. The average Bonchev–Trinajstić information content (AvgIpc) is 3.18. The van der Waals surface area contributed by atoms with Crippen LogP contribution in [0.1, 0.15) is 69.6 Å². The van der Waals surface area contributed by atoms with Gasteiger partial charge in [0.1, 0.15) is 11.6 Å². The first kappa shape index (κ1) is 26.4. The molecule has 0 radical (unpaired) electrons. The Balaban J connectivity index is 1.92. The third-order valence-electron chi connectivity index (χ3n) is 5.83. The van der Waals surface area contributed by atoms with Crippen LogP contribution in [0.15, 0.2) is 42.6 Å². The first-order valence-corrected chi connectivity index (χ1v) is 12.5. The Bertz CT molecular complexity index is 1300. The number of ketones is 1. The van der Waals surface area contributed by atoms with Gasteiger partial charge in [0.05, 0.1) is 11.3 Å². The first-order valence-electron chi connectivity index (χ1n) is 11.4. The van der Waals surface area contributed by atoms with Gasteiger partial charge in [-0.1, -0.05) is 40.6 Å². The molecule has 4 nitrogen and oxygen atoms in total. The molecular formula is C28H27BrF2N2O2. The minimum atomic E-state index is -0.837. The van der Waals surface area contributed by atoms with Gasteiger partial charge < -0.3 is 10.3 Å². The molecule has 0 unspecified atom stereocenters. The van der Waals surface area contributed by atoms with Gasteiger partial charge in [0.15, 0.2) is 0 Å². The molecule has 2 aromatic carbocycles. The molecule has 3 rings (SSSR count). The quantitative estimate of drug-likeness (QED) is 0.150. The molecule has 35 heavy (non-hydrogen) atoms. The summed E-state index contributed by atoms with van der Waals surface area (Å²) < 4.78 is 30.6. The van der Waals surface area contributed by atoms with Crippen LogP contribution in [0.2, 0.25) is 0 Å². The molecule has 1 amide bonds. The van der Waals surface area contributed by atoms with Gasteiger partial charge in [0, 0.05) is 47.2 Å². The third kappa shape index (κ3) is 6.07. The molecule has 0 saturated carbocycles. The van der Waals surface area contributed by atoms with Gasteiger partial charge in [-0.15, -0.1) is 0 Å². The minimum absolute atomic E-state index is 0.00873. The third-order valence-corrected chi connectivity index (χ3v) is 6.39. The van der Waals surface area contributed by atoms with Gasteiger partial charge in [-0.3, -0.25) is 9.59 Å². The predicted molar refractivity (Wildman–Crippen MR) is 138 cm³/mol. The van der Waals surface area contributed by atoms with Crippen molar-refractivity contribution >= 4 is 27.6 Å². The number of primary amides is 1. The molecule has 182 valence electrons. The van der Waals surface area contributed by atoms with E-state index in [0.717, 1.165) is 48.7 Å². The van der Waals surface area contributed by atoms with Crippen LogP contribution in [0.4, 0.5) is 8.78 Å². The van der Waals surface area contributed by atoms with E-state index >= 15 is 0 Å². The van der Waals surface area contributed by atoms with Crippen LogP contribution in [-0.2, 0) is 7.05 Å². The maximum absolute atomic E-state index is 14.8. The van der Waals surface area contributed by atoms with Crippen LogP contribution in [0.5, 0.6) is 0 Å². The van der Waals surface area contributed by atoms with Crippen LogP contribution in [-0.4, -0.2) is 21.6 Å². The minimum Gasteiger partial charge on any atom is -0.366 e. The van der Waals surface area contributed by atoms with E-state index in [1.807, 2.05) is 0 Å². The van der Waals surface area contributed by atoms with Crippen molar-refractivity contribution in [3.05, 3.63) is 82.2 Å². The van der Waals surface area contributed by atoms with Crippen molar-refractivity contribution < 1.29 is 18.4 Å². The standard InChI is InChI=1S/C28H27BrF2N2O2/c1-18-22(30)14-15-23(31)24(18)25-21(28(32)35)17-33(2)26(25)27(34)20-12-10-19(11-13-20)9-7-5-3-4-6-8-16-29/h10-15,17H,3-6,8,16H2,1-2H3,(H2,32,35). The first-order chi connectivity index (χ1) is 16.8. The van der Waals surface area contributed by atoms with Gasteiger partial charge in [-0.2, -0.15) is 0 Å². The zero-order chi connectivity index (χ0) is 25.5. The van der Waals surface area contributed by atoms with E-state index in [0.29, 0.717) is 5.56 Å². The molecule has 7 heteroatoms. The van der Waals surface area contributed by atoms with Gasteiger partial charge >= 0.3 is 0 Å². The molecule has 0 spiro atoms. The lowest BCUT2D eigenvalue weighted by Gasteiger charge is -2.12. The maximum Gasteiger partial charge on any atom is 0.250 e. The number of carbonyl (C=O) groups is 2. The summed E-state index contributed by atoms with van der Waals surface area (Å²) >= 11 is 3.42. The van der Waals surface area contributed by atoms with E-state index in [9.17, 15) is 18.4 Å². The maximum atomic E-state index is 14.8. The number of halogens is 3. The lowest BCUT2D eigenvalue weighted by molar-refractivity contribution is 0.0999. The van der Waals surface area contributed by atoms with Gasteiger partial charge in [-0.25, -0.2) is 8.78 Å². The number of hydrogen-bond acceptors (Lipinski definition) is 2. The largest absolute Gasteiger partial charge is 0.366 e. The van der Waals surface area contributed by atoms with E-state index in [-0.39, 0.29) is 27.9 Å². The number of benzene rings is 2. The number of aromatic nitrogens is 1. The van der Waals surface area contributed by atoms with Crippen molar-refractivity contribution in [1.29, 1.82) is 0 Å². The summed E-state index contributed by atoms with van der Waals surface area (Å²) in [4.78, 5) is 25.6. The molecule has 1 heterocycles. The molecule has 0 saturated heterocycles. The molecule has 0 aliphatic carbocycles. The summed E-state index contributed by atoms with van der Waals surface area (Å²) in [5, 5.41) is 1.02. The van der Waals surface area contributed by atoms with E-state index in [1.54, 1.807) is 31.3 Å². The summed E-state index contributed by atoms with van der Waals surface area (Å²) in [6.45, 7) is 1.40. The monoisotopic (exact) mass is 540 g/mol. The summed E-state index contributed by atoms with van der Waals surface area (Å²) in [5.74, 6) is 3.58. The molecule has 2 N–H and O–H groups in total. The summed E-state index contributed by atoms with van der Waals surface area (Å²) in [6, 6.07) is 8.74. The Morgan fingerprint density at radius 1 is 0.971 bits per heavy atom. The number of unbranched alkanes of at least 4 members (excludes halogenated alkanes) is 4. The van der Waals surface area contributed by atoms with Crippen molar-refractivity contribution in [2.24, 2.45) is 12.8 Å². The normalized spacial score (nSPS) is 10.7.